The number of carbonyl (C=O) groups is 1. The average molecular weight is 296 g/mol. The summed E-state index contributed by atoms with van der Waals surface area (Å²) in [7, 11) is -2.99. The Labute approximate surface area is 119 Å². The minimum Gasteiger partial charge on any atom is -0.352 e. The Bertz CT molecular complexity index is 567. The van der Waals surface area contributed by atoms with Crippen molar-refractivity contribution in [2.75, 3.05) is 11.5 Å². The molecule has 0 radical (unpaired) electrons. The molecule has 0 aromatic heterocycles. The third kappa shape index (κ3) is 4.31. The fraction of sp³-hybridized carbons (Fsp3) is 0.500. The van der Waals surface area contributed by atoms with Crippen LogP contribution in [0.3, 0.4) is 0 Å². The normalized spacial score (nSPS) is 21.4. The number of amides is 1. The maximum absolute atomic E-state index is 11.9. The first-order valence-electron chi connectivity index (χ1n) is 6.76. The van der Waals surface area contributed by atoms with Crippen LogP contribution in [-0.4, -0.2) is 31.9 Å². The van der Waals surface area contributed by atoms with Crippen molar-refractivity contribution in [2.45, 2.75) is 31.8 Å². The van der Waals surface area contributed by atoms with E-state index in [1.54, 1.807) is 0 Å². The summed E-state index contributed by atoms with van der Waals surface area (Å²) in [6.07, 6.45) is 1.62. The van der Waals surface area contributed by atoms with Crippen LogP contribution in [0, 0.1) is 0 Å². The summed E-state index contributed by atoms with van der Waals surface area (Å²) in [4.78, 5) is 11.9. The lowest BCUT2D eigenvalue weighted by atomic mass is 10.1. The van der Waals surface area contributed by atoms with E-state index >= 15 is 0 Å². The molecule has 0 spiro atoms. The number of hydrogen-bond donors (Lipinski definition) is 2. The molecule has 20 heavy (non-hydrogen) atoms. The Morgan fingerprint density at radius 1 is 1.25 bits per heavy atom. The maximum Gasteiger partial charge on any atom is 0.224 e. The highest BCUT2D eigenvalue weighted by Crippen LogP contribution is 2.12. The summed E-state index contributed by atoms with van der Waals surface area (Å²) < 4.78 is 23.0. The second kappa shape index (κ2) is 6.37. The molecule has 110 valence electrons. The van der Waals surface area contributed by atoms with Crippen LogP contribution >= 0.6 is 0 Å². The van der Waals surface area contributed by atoms with Gasteiger partial charge in [-0.15, -0.1) is 0 Å². The SMILES string of the molecule is NCc1ccc(CC(=O)NC2CCCS(=O)(=O)C2)cc1. The zero-order valence-corrected chi connectivity index (χ0v) is 12.2. The van der Waals surface area contributed by atoms with Crippen molar-refractivity contribution in [2.24, 2.45) is 5.73 Å². The van der Waals surface area contributed by atoms with Crippen LogP contribution in [0.1, 0.15) is 24.0 Å². The molecule has 6 heteroatoms. The van der Waals surface area contributed by atoms with Gasteiger partial charge in [-0.2, -0.15) is 0 Å². The molecule has 1 aromatic rings. The van der Waals surface area contributed by atoms with Gasteiger partial charge in [0.15, 0.2) is 9.84 Å². The summed E-state index contributed by atoms with van der Waals surface area (Å²) in [5, 5.41) is 2.81. The number of sulfone groups is 1. The fourth-order valence-electron chi connectivity index (χ4n) is 2.39. The summed E-state index contributed by atoms with van der Waals surface area (Å²) in [5.41, 5.74) is 7.44. The van der Waals surface area contributed by atoms with Gasteiger partial charge in [-0.25, -0.2) is 8.42 Å². The minimum atomic E-state index is -2.99. The molecule has 1 amide bonds. The molecule has 1 fully saturated rings. The van der Waals surface area contributed by atoms with Gasteiger partial charge in [0.2, 0.25) is 5.91 Å². The topological polar surface area (TPSA) is 89.3 Å². The van der Waals surface area contributed by atoms with Crippen molar-refractivity contribution in [3.8, 4) is 0 Å². The highest BCUT2D eigenvalue weighted by Gasteiger charge is 2.25. The highest BCUT2D eigenvalue weighted by molar-refractivity contribution is 7.91. The fourth-order valence-corrected chi connectivity index (χ4v) is 4.03. The van der Waals surface area contributed by atoms with Crippen molar-refractivity contribution in [3.05, 3.63) is 35.4 Å². The van der Waals surface area contributed by atoms with Crippen LogP contribution in [0.2, 0.25) is 0 Å². The lowest BCUT2D eigenvalue weighted by Gasteiger charge is -2.23. The molecule has 0 aliphatic carbocycles. The molecule has 1 aliphatic heterocycles. The van der Waals surface area contributed by atoms with Crippen molar-refractivity contribution in [3.63, 3.8) is 0 Å². The lowest BCUT2D eigenvalue weighted by Crippen LogP contribution is -2.43. The molecule has 1 atom stereocenters. The van der Waals surface area contributed by atoms with Gasteiger partial charge in [-0.05, 0) is 24.0 Å². The molecule has 1 unspecified atom stereocenters. The summed E-state index contributed by atoms with van der Waals surface area (Å²) in [5.74, 6) is 0.165. The average Bonchev–Trinajstić information content (AvgIpc) is 2.38. The first-order valence-corrected chi connectivity index (χ1v) is 8.58. The van der Waals surface area contributed by atoms with E-state index in [1.807, 2.05) is 24.3 Å². The number of nitrogens with two attached hydrogens (primary N) is 1. The second-order valence-corrected chi connectivity index (χ2v) is 7.45. The molecule has 1 aromatic carbocycles. The second-order valence-electron chi connectivity index (χ2n) is 5.22. The van der Waals surface area contributed by atoms with Crippen LogP contribution in [0.15, 0.2) is 24.3 Å². The molecule has 0 saturated carbocycles. The van der Waals surface area contributed by atoms with Crippen LogP contribution in [0.5, 0.6) is 0 Å². The first kappa shape index (κ1) is 15.0. The van der Waals surface area contributed by atoms with E-state index in [9.17, 15) is 13.2 Å². The molecule has 1 saturated heterocycles. The Morgan fingerprint density at radius 2 is 1.90 bits per heavy atom. The summed E-state index contributed by atoms with van der Waals surface area (Å²) in [6, 6.07) is 7.30. The van der Waals surface area contributed by atoms with E-state index in [0.29, 0.717) is 13.0 Å². The summed E-state index contributed by atoms with van der Waals surface area (Å²) in [6.45, 7) is 0.479. The number of nitrogens with one attached hydrogen (secondary N) is 1. The van der Waals surface area contributed by atoms with Crippen molar-refractivity contribution >= 4 is 15.7 Å². The van der Waals surface area contributed by atoms with Gasteiger partial charge in [0, 0.05) is 12.6 Å². The van der Waals surface area contributed by atoms with Crippen LogP contribution in [0.4, 0.5) is 0 Å². The first-order chi connectivity index (χ1) is 9.48. The number of carbonyl (C=O) groups excluding carboxylic acids is 1. The van der Waals surface area contributed by atoms with E-state index < -0.39 is 9.84 Å². The lowest BCUT2D eigenvalue weighted by molar-refractivity contribution is -0.121. The zero-order chi connectivity index (χ0) is 14.6. The highest BCUT2D eigenvalue weighted by atomic mass is 32.2. The van der Waals surface area contributed by atoms with Crippen molar-refractivity contribution in [1.82, 2.24) is 5.32 Å². The number of rotatable bonds is 4. The molecular formula is C14H20N2O3S. The van der Waals surface area contributed by atoms with Gasteiger partial charge in [0.05, 0.1) is 17.9 Å². The van der Waals surface area contributed by atoms with Crippen molar-refractivity contribution < 1.29 is 13.2 Å². The third-order valence-corrected chi connectivity index (χ3v) is 5.27. The smallest absolute Gasteiger partial charge is 0.224 e. The van der Waals surface area contributed by atoms with E-state index in [2.05, 4.69) is 5.32 Å². The maximum atomic E-state index is 11.9. The van der Waals surface area contributed by atoms with Crippen LogP contribution < -0.4 is 11.1 Å². The van der Waals surface area contributed by atoms with Gasteiger partial charge in [0.25, 0.3) is 0 Å². The zero-order valence-electron chi connectivity index (χ0n) is 11.3. The quantitative estimate of drug-likeness (QED) is 0.840. The van der Waals surface area contributed by atoms with Gasteiger partial charge in [-0.3, -0.25) is 4.79 Å². The van der Waals surface area contributed by atoms with E-state index in [0.717, 1.165) is 17.5 Å². The van der Waals surface area contributed by atoms with Gasteiger partial charge < -0.3 is 11.1 Å². The predicted octanol–water partition coefficient (Wildman–Crippen LogP) is 0.381. The Hall–Kier alpha value is -1.40. The molecule has 2 rings (SSSR count). The molecule has 1 heterocycles. The Balaban J connectivity index is 1.88. The minimum absolute atomic E-state index is 0.0604. The molecule has 1 aliphatic rings. The van der Waals surface area contributed by atoms with Crippen molar-refractivity contribution in [1.29, 1.82) is 0 Å². The molecular weight excluding hydrogens is 276 g/mol. The van der Waals surface area contributed by atoms with E-state index in [-0.39, 0.29) is 29.9 Å². The van der Waals surface area contributed by atoms with Gasteiger partial charge >= 0.3 is 0 Å². The molecule has 0 bridgehead atoms. The van der Waals surface area contributed by atoms with E-state index in [1.165, 1.54) is 0 Å². The Morgan fingerprint density at radius 3 is 2.50 bits per heavy atom. The van der Waals surface area contributed by atoms with E-state index in [4.69, 9.17) is 5.73 Å². The largest absolute Gasteiger partial charge is 0.352 e. The van der Waals surface area contributed by atoms with Crippen LogP contribution in [0.25, 0.3) is 0 Å². The molecule has 3 N–H and O–H groups in total. The standard InChI is InChI=1S/C14H20N2O3S/c15-9-12-5-3-11(4-6-12)8-14(17)16-13-2-1-7-20(18,19)10-13/h3-6,13H,1-2,7-10,15H2,(H,16,17). The predicted molar refractivity (Wildman–Crippen MR) is 77.9 cm³/mol. The van der Waals surface area contributed by atoms with Gasteiger partial charge in [0.1, 0.15) is 0 Å². The van der Waals surface area contributed by atoms with Gasteiger partial charge in [-0.1, -0.05) is 24.3 Å². The number of hydrogen-bond acceptors (Lipinski definition) is 4. The number of benzene rings is 1. The van der Waals surface area contributed by atoms with Crippen LogP contribution in [-0.2, 0) is 27.6 Å². The molecule has 5 nitrogen and oxygen atoms in total. The Kier molecular flexibility index (Phi) is 4.77. The summed E-state index contributed by atoms with van der Waals surface area (Å²) >= 11 is 0. The monoisotopic (exact) mass is 296 g/mol. The third-order valence-electron chi connectivity index (χ3n) is 3.45.